The second-order valence-electron chi connectivity index (χ2n) is 2.43. The average Bonchev–Trinajstić information content (AvgIpc) is 2.16. The molecule has 0 bridgehead atoms. The fourth-order valence-electron chi connectivity index (χ4n) is 0.900. The predicted octanol–water partition coefficient (Wildman–Crippen LogP) is 0.694. The van der Waals surface area contributed by atoms with E-state index in [4.69, 9.17) is 4.74 Å². The van der Waals surface area contributed by atoms with Gasteiger partial charge in [-0.2, -0.15) is 8.42 Å². The van der Waals surface area contributed by atoms with Crippen molar-refractivity contribution in [1.29, 1.82) is 0 Å². The second kappa shape index (κ2) is 4.50. The van der Waals surface area contributed by atoms with Gasteiger partial charge in [0.25, 0.3) is 10.3 Å². The van der Waals surface area contributed by atoms with E-state index in [0.717, 1.165) is 0 Å². The van der Waals surface area contributed by atoms with E-state index in [0.29, 0.717) is 5.56 Å². The summed E-state index contributed by atoms with van der Waals surface area (Å²) >= 11 is 0. The van der Waals surface area contributed by atoms with Gasteiger partial charge in [-0.25, -0.2) is 0 Å². The number of aromatic hydroxyl groups is 1. The van der Waals surface area contributed by atoms with Crippen LogP contribution in [0.3, 0.4) is 0 Å². The highest BCUT2D eigenvalue weighted by atomic mass is 32.2. The molecule has 0 heterocycles. The standard InChI is InChI=1S/C9H8O4S/c1-13-9-6-7(2-3-8(9)10)4-5-14(11)12/h2-4,6,10H,1H3. The fraction of sp³-hybridized carbons (Fsp3) is 0.111. The number of rotatable bonds is 2. The maximum absolute atomic E-state index is 10.2. The van der Waals surface area contributed by atoms with Crippen molar-refractivity contribution in [2.45, 2.75) is 0 Å². The van der Waals surface area contributed by atoms with Crippen LogP contribution in [0.4, 0.5) is 0 Å². The van der Waals surface area contributed by atoms with Crippen molar-refractivity contribution < 1.29 is 18.3 Å². The van der Waals surface area contributed by atoms with Crippen molar-refractivity contribution in [1.82, 2.24) is 0 Å². The Kier molecular flexibility index (Phi) is 3.34. The third-order valence-corrected chi connectivity index (χ3v) is 1.84. The summed E-state index contributed by atoms with van der Waals surface area (Å²) in [5.74, 6) is 0.296. The Bertz CT molecular complexity index is 488. The van der Waals surface area contributed by atoms with Crippen LogP contribution >= 0.6 is 0 Å². The SMILES string of the molecule is COc1cc(C=C=S(=O)=O)ccc1O. The van der Waals surface area contributed by atoms with Gasteiger partial charge in [0.1, 0.15) is 0 Å². The van der Waals surface area contributed by atoms with E-state index in [1.807, 2.05) is 0 Å². The Balaban J connectivity index is 3.20. The molecule has 14 heavy (non-hydrogen) atoms. The molecule has 0 aliphatic rings. The highest BCUT2D eigenvalue weighted by Gasteiger charge is 1.99. The van der Waals surface area contributed by atoms with E-state index in [9.17, 15) is 13.5 Å². The minimum atomic E-state index is -2.34. The van der Waals surface area contributed by atoms with Crippen LogP contribution in [0.15, 0.2) is 18.2 Å². The van der Waals surface area contributed by atoms with Crippen LogP contribution in [0.2, 0.25) is 0 Å². The zero-order valence-electron chi connectivity index (χ0n) is 7.39. The van der Waals surface area contributed by atoms with Gasteiger partial charge in [-0.15, -0.1) is 0 Å². The number of hydrogen-bond donors (Lipinski definition) is 1. The Labute approximate surface area is 82.6 Å². The molecule has 0 saturated carbocycles. The third-order valence-electron chi connectivity index (χ3n) is 1.53. The first-order valence-corrected chi connectivity index (χ1v) is 4.76. The van der Waals surface area contributed by atoms with Gasteiger partial charge in [0.2, 0.25) is 0 Å². The molecule has 0 aliphatic heterocycles. The molecule has 0 atom stereocenters. The first-order chi connectivity index (χ1) is 6.63. The van der Waals surface area contributed by atoms with Crippen LogP contribution in [0.25, 0.3) is 6.08 Å². The summed E-state index contributed by atoms with van der Waals surface area (Å²) in [6, 6.07) is 4.48. The summed E-state index contributed by atoms with van der Waals surface area (Å²) in [7, 11) is -0.924. The van der Waals surface area contributed by atoms with Gasteiger partial charge in [0.05, 0.1) is 7.11 Å². The maximum Gasteiger partial charge on any atom is 0.260 e. The highest BCUT2D eigenvalue weighted by Crippen LogP contribution is 2.26. The lowest BCUT2D eigenvalue weighted by Crippen LogP contribution is -1.84. The number of methoxy groups -OCH3 is 1. The van der Waals surface area contributed by atoms with Gasteiger partial charge in [-0.1, -0.05) is 6.07 Å². The predicted molar refractivity (Wildman–Crippen MR) is 53.0 cm³/mol. The van der Waals surface area contributed by atoms with E-state index in [2.05, 4.69) is 5.02 Å². The fourth-order valence-corrected chi connectivity index (χ4v) is 1.13. The van der Waals surface area contributed by atoms with Gasteiger partial charge in [-0.3, -0.25) is 0 Å². The topological polar surface area (TPSA) is 63.6 Å². The summed E-state index contributed by atoms with van der Waals surface area (Å²) in [6.45, 7) is 0. The van der Waals surface area contributed by atoms with Crippen LogP contribution in [-0.4, -0.2) is 25.7 Å². The van der Waals surface area contributed by atoms with E-state index in [1.165, 1.54) is 25.3 Å². The zero-order valence-corrected chi connectivity index (χ0v) is 8.21. The first-order valence-electron chi connectivity index (χ1n) is 3.69. The molecule has 0 aliphatic carbocycles. The van der Waals surface area contributed by atoms with Gasteiger partial charge < -0.3 is 9.84 Å². The number of hydrogen-bond acceptors (Lipinski definition) is 4. The molecular formula is C9H8O4S. The van der Waals surface area contributed by atoms with E-state index < -0.39 is 10.3 Å². The monoisotopic (exact) mass is 212 g/mol. The Morgan fingerprint density at radius 1 is 1.50 bits per heavy atom. The van der Waals surface area contributed by atoms with E-state index >= 15 is 0 Å². The maximum atomic E-state index is 10.2. The minimum Gasteiger partial charge on any atom is -0.504 e. The van der Waals surface area contributed by atoms with Crippen LogP contribution in [0, 0.1) is 0 Å². The summed E-state index contributed by atoms with van der Waals surface area (Å²) < 4.78 is 25.2. The summed E-state index contributed by atoms with van der Waals surface area (Å²) in [4.78, 5) is 0. The normalized spacial score (nSPS) is 8.93. The number of ether oxygens (including phenoxy) is 1. The lowest BCUT2D eigenvalue weighted by molar-refractivity contribution is 0.373. The summed E-state index contributed by atoms with van der Waals surface area (Å²) in [5, 5.41) is 11.3. The lowest BCUT2D eigenvalue weighted by Gasteiger charge is -2.02. The van der Waals surface area contributed by atoms with Crippen molar-refractivity contribution in [3.8, 4) is 11.5 Å². The number of phenols is 1. The first kappa shape index (κ1) is 10.4. The lowest BCUT2D eigenvalue weighted by atomic mass is 10.2. The van der Waals surface area contributed by atoms with Crippen LogP contribution in [0.5, 0.6) is 11.5 Å². The van der Waals surface area contributed by atoms with Gasteiger partial charge in [-0.05, 0) is 17.7 Å². The molecule has 0 unspecified atom stereocenters. The molecule has 1 N–H and O–H groups in total. The molecule has 1 aromatic rings. The highest BCUT2D eigenvalue weighted by molar-refractivity contribution is 7.71. The molecule has 5 heteroatoms. The Hall–Kier alpha value is -1.71. The molecular weight excluding hydrogens is 204 g/mol. The van der Waals surface area contributed by atoms with E-state index in [1.54, 1.807) is 6.07 Å². The minimum absolute atomic E-state index is 0.00731. The number of phenolic OH excluding ortho intramolecular Hbond substituents is 1. The molecule has 0 spiro atoms. The Morgan fingerprint density at radius 2 is 2.21 bits per heavy atom. The second-order valence-corrected chi connectivity index (χ2v) is 3.13. The van der Waals surface area contributed by atoms with Crippen LogP contribution in [0.1, 0.15) is 5.56 Å². The van der Waals surface area contributed by atoms with Crippen molar-refractivity contribution in [3.05, 3.63) is 23.8 Å². The van der Waals surface area contributed by atoms with Gasteiger partial charge in [0.15, 0.2) is 11.5 Å². The van der Waals surface area contributed by atoms with Crippen molar-refractivity contribution in [2.24, 2.45) is 0 Å². The molecule has 1 aromatic carbocycles. The quantitative estimate of drug-likeness (QED) is 0.733. The van der Waals surface area contributed by atoms with Crippen molar-refractivity contribution in [2.75, 3.05) is 7.11 Å². The van der Waals surface area contributed by atoms with Crippen LogP contribution in [-0.2, 0) is 10.3 Å². The molecule has 0 aromatic heterocycles. The molecule has 0 fully saturated rings. The smallest absolute Gasteiger partial charge is 0.260 e. The third kappa shape index (κ3) is 2.65. The van der Waals surface area contributed by atoms with Gasteiger partial charge >= 0.3 is 0 Å². The van der Waals surface area contributed by atoms with Crippen molar-refractivity contribution >= 4 is 21.4 Å². The van der Waals surface area contributed by atoms with E-state index in [-0.39, 0.29) is 11.5 Å². The summed E-state index contributed by atoms with van der Waals surface area (Å²) in [6.07, 6.45) is 1.28. The molecule has 1 rings (SSSR count). The average molecular weight is 212 g/mol. The number of benzene rings is 1. The molecule has 74 valence electrons. The molecule has 4 nitrogen and oxygen atoms in total. The Morgan fingerprint density at radius 3 is 2.79 bits per heavy atom. The summed E-state index contributed by atoms with van der Waals surface area (Å²) in [5.41, 5.74) is 0.587. The van der Waals surface area contributed by atoms with Crippen molar-refractivity contribution in [3.63, 3.8) is 0 Å². The molecule has 0 saturated heterocycles. The zero-order chi connectivity index (χ0) is 10.6. The van der Waals surface area contributed by atoms with Crippen LogP contribution < -0.4 is 4.74 Å². The molecule has 0 amide bonds. The van der Waals surface area contributed by atoms with Gasteiger partial charge in [0, 0.05) is 11.1 Å². The largest absolute Gasteiger partial charge is 0.504 e. The molecule has 0 radical (unpaired) electrons.